The van der Waals surface area contributed by atoms with Crippen LogP contribution in [0.1, 0.15) is 127 Å². The van der Waals surface area contributed by atoms with Gasteiger partial charge in [0.1, 0.15) is 30.5 Å². The van der Waals surface area contributed by atoms with Crippen LogP contribution in [0.15, 0.2) is 0 Å². The fourth-order valence-electron chi connectivity index (χ4n) is 15.6. The van der Waals surface area contributed by atoms with Crippen LogP contribution >= 0.6 is 0 Å². The molecule has 8 aliphatic rings. The molecule has 21 atom stereocenters. The first kappa shape index (κ1) is 46.0. The fourth-order valence-corrected chi connectivity index (χ4v) is 15.6. The number of aliphatic hydroxyl groups excluding tert-OH is 6. The van der Waals surface area contributed by atoms with Gasteiger partial charge in [0, 0.05) is 19.8 Å². The van der Waals surface area contributed by atoms with Gasteiger partial charge in [-0.2, -0.15) is 0 Å². The number of esters is 2. The Balaban J connectivity index is 1.15. The quantitative estimate of drug-likeness (QED) is 0.153. The molecule has 8 fully saturated rings. The molecular weight excluding hydrogens is 792 g/mol. The summed E-state index contributed by atoms with van der Waals surface area (Å²) < 4.78 is 44.0. The van der Waals surface area contributed by atoms with E-state index in [4.69, 9.17) is 33.2 Å². The van der Waals surface area contributed by atoms with E-state index < -0.39 is 103 Å². The monoisotopic (exact) mass is 867 g/mol. The smallest absolute Gasteiger partial charge is 0.303 e. The first-order valence-electron chi connectivity index (χ1n) is 22.9. The van der Waals surface area contributed by atoms with Crippen molar-refractivity contribution in [1.29, 1.82) is 0 Å². The maximum absolute atomic E-state index is 12.4. The zero-order valence-electron chi connectivity index (χ0n) is 37.9. The van der Waals surface area contributed by atoms with Crippen molar-refractivity contribution in [3.8, 4) is 0 Å². The van der Waals surface area contributed by atoms with E-state index in [1.807, 2.05) is 0 Å². The minimum atomic E-state index is -1.61. The molecule has 3 aliphatic heterocycles. The highest BCUT2D eigenvalue weighted by molar-refractivity contribution is 5.67. The van der Waals surface area contributed by atoms with Crippen LogP contribution in [0.3, 0.4) is 0 Å². The second kappa shape index (κ2) is 15.3. The van der Waals surface area contributed by atoms with Gasteiger partial charge < -0.3 is 63.8 Å². The summed E-state index contributed by atoms with van der Waals surface area (Å²) in [5, 5.41) is 66.3. The third-order valence-electron chi connectivity index (χ3n) is 18.4. The Hall–Kier alpha value is -1.50. The molecule has 0 aromatic rings. The van der Waals surface area contributed by atoms with Gasteiger partial charge in [0.05, 0.1) is 43.2 Å². The van der Waals surface area contributed by atoms with Crippen LogP contribution in [0.25, 0.3) is 0 Å². The van der Waals surface area contributed by atoms with Crippen molar-refractivity contribution in [2.75, 3.05) is 13.2 Å². The molecule has 3 heterocycles. The third-order valence-corrected chi connectivity index (χ3v) is 18.4. The van der Waals surface area contributed by atoms with E-state index in [0.717, 1.165) is 38.5 Å². The van der Waals surface area contributed by atoms with E-state index in [2.05, 4.69) is 55.4 Å². The van der Waals surface area contributed by atoms with E-state index in [-0.39, 0.29) is 57.5 Å². The van der Waals surface area contributed by atoms with Crippen molar-refractivity contribution in [1.82, 2.24) is 0 Å². The van der Waals surface area contributed by atoms with Crippen molar-refractivity contribution in [2.45, 2.75) is 212 Å². The number of hydrogen-bond donors (Lipinski definition) is 6. The van der Waals surface area contributed by atoms with Gasteiger partial charge >= 0.3 is 11.9 Å². The van der Waals surface area contributed by atoms with Crippen LogP contribution in [-0.2, 0) is 42.7 Å². The number of carbonyl (C=O) groups is 2. The second-order valence-electron chi connectivity index (χ2n) is 22.9. The Bertz CT molecular complexity index is 1680. The van der Waals surface area contributed by atoms with Crippen LogP contribution in [0.2, 0.25) is 0 Å². The second-order valence-corrected chi connectivity index (χ2v) is 22.9. The highest BCUT2D eigenvalue weighted by Crippen LogP contribution is 2.89. The van der Waals surface area contributed by atoms with Crippen LogP contribution in [-0.4, -0.2) is 141 Å². The van der Waals surface area contributed by atoms with Crippen molar-refractivity contribution < 1.29 is 73.4 Å². The third kappa shape index (κ3) is 6.90. The molecule has 5 aliphatic carbocycles. The molecule has 0 aromatic carbocycles. The number of carbonyl (C=O) groups excluding carboxylic acids is 2. The summed E-state index contributed by atoms with van der Waals surface area (Å²) >= 11 is 0. The molecule has 15 nitrogen and oxygen atoms in total. The topological polar surface area (TPSA) is 220 Å². The fraction of sp³-hybridized carbons (Fsp3) is 0.957. The lowest BCUT2D eigenvalue weighted by Crippen LogP contribution is -2.65. The molecule has 3 saturated heterocycles. The van der Waals surface area contributed by atoms with Crippen LogP contribution in [0.5, 0.6) is 0 Å². The minimum absolute atomic E-state index is 0.0268. The van der Waals surface area contributed by atoms with Crippen molar-refractivity contribution in [2.24, 2.45) is 50.2 Å². The summed E-state index contributed by atoms with van der Waals surface area (Å²) in [6.07, 6.45) is -6.37. The minimum Gasteiger partial charge on any atom is -0.455 e. The maximum Gasteiger partial charge on any atom is 0.303 e. The van der Waals surface area contributed by atoms with Gasteiger partial charge in [-0.05, 0) is 109 Å². The standard InChI is InChI=1S/C46H74O15/c1-22(48)56-34-25(51)20-55-39(35(34)57-23(2)49)60-30-12-14-46-21-45(46)16-15-42(8)36(44(10)13-11-29(61-44)40(3,4)5)24(50)18-43(42,9)28(45)17-26(37(46)41(30,6)7)58-38-33(54)32(53)31(52)27(19-47)59-38/h24-39,47,50-54H,11-21H2,1-10H3/t24-,25?,26-,27?,28?,29?,30-,31?,32?,33?,34?,35?,36?,37?,38?,39?,42+,43-,44+,45?,46?/m0/s1. The summed E-state index contributed by atoms with van der Waals surface area (Å²) in [5.41, 5.74) is -2.06. The largest absolute Gasteiger partial charge is 0.455 e. The average molecular weight is 867 g/mol. The predicted molar refractivity (Wildman–Crippen MR) is 216 cm³/mol. The average Bonchev–Trinajstić information content (AvgIpc) is 3.52. The van der Waals surface area contributed by atoms with Crippen LogP contribution in [0, 0.1) is 50.2 Å². The first-order chi connectivity index (χ1) is 28.3. The lowest BCUT2D eigenvalue weighted by Gasteiger charge is -2.65. The summed E-state index contributed by atoms with van der Waals surface area (Å²) in [7, 11) is 0. The summed E-state index contributed by atoms with van der Waals surface area (Å²) in [6.45, 7) is 19.6. The Morgan fingerprint density at radius 1 is 0.738 bits per heavy atom. The molecule has 0 amide bonds. The molecule has 5 saturated carbocycles. The molecule has 15 heteroatoms. The molecule has 0 bridgehead atoms. The lowest BCUT2D eigenvalue weighted by molar-refractivity contribution is -0.339. The highest BCUT2D eigenvalue weighted by atomic mass is 16.7. The Morgan fingerprint density at radius 3 is 2.03 bits per heavy atom. The SMILES string of the molecule is CC(=O)OC1C(O)COC(O[C@H]2CCC34CC35CC[C@]3(C)C([C@@]6(C)CCC(C(C)(C)C)O6)[C@@H](O)C[C@@]3(C)C5C[C@H](OC3OC(CO)C(O)C(O)C3O)C4C2(C)C)C1OC(C)=O. The normalized spacial score (nSPS) is 53.8. The molecule has 61 heavy (non-hydrogen) atoms. The number of hydrogen-bond acceptors (Lipinski definition) is 15. The van der Waals surface area contributed by atoms with Crippen molar-refractivity contribution in [3.05, 3.63) is 0 Å². The van der Waals surface area contributed by atoms with Crippen molar-refractivity contribution >= 4 is 11.9 Å². The molecule has 0 radical (unpaired) electrons. The molecule has 2 spiro atoms. The molecule has 0 aromatic heterocycles. The number of ether oxygens (including phenoxy) is 7. The zero-order valence-corrected chi connectivity index (χ0v) is 37.9. The highest BCUT2D eigenvalue weighted by Gasteiger charge is 2.85. The first-order valence-corrected chi connectivity index (χ1v) is 22.9. The van der Waals surface area contributed by atoms with Gasteiger partial charge in [-0.3, -0.25) is 9.59 Å². The zero-order chi connectivity index (χ0) is 44.6. The molecule has 8 rings (SSSR count). The van der Waals surface area contributed by atoms with E-state index >= 15 is 0 Å². The van der Waals surface area contributed by atoms with E-state index in [1.165, 1.54) is 13.8 Å². The predicted octanol–water partition coefficient (Wildman–Crippen LogP) is 3.14. The van der Waals surface area contributed by atoms with Crippen LogP contribution < -0.4 is 0 Å². The number of aliphatic hydroxyl groups is 6. The van der Waals surface area contributed by atoms with Crippen LogP contribution in [0.4, 0.5) is 0 Å². The molecule has 348 valence electrons. The molecule has 6 N–H and O–H groups in total. The Morgan fingerprint density at radius 2 is 1.41 bits per heavy atom. The van der Waals surface area contributed by atoms with Crippen molar-refractivity contribution in [3.63, 3.8) is 0 Å². The summed E-state index contributed by atoms with van der Waals surface area (Å²) in [4.78, 5) is 24.5. The maximum atomic E-state index is 12.4. The molecular formula is C46H74O15. The van der Waals surface area contributed by atoms with Gasteiger partial charge in [-0.25, -0.2) is 0 Å². The van der Waals surface area contributed by atoms with Gasteiger partial charge in [-0.1, -0.05) is 48.5 Å². The number of rotatable bonds is 8. The van der Waals surface area contributed by atoms with Gasteiger partial charge in [-0.15, -0.1) is 0 Å². The molecule has 15 unspecified atom stereocenters. The number of fused-ring (bicyclic) bond motifs is 2. The van der Waals surface area contributed by atoms with Gasteiger partial charge in [0.15, 0.2) is 24.8 Å². The van der Waals surface area contributed by atoms with Gasteiger partial charge in [0.2, 0.25) is 0 Å². The lowest BCUT2D eigenvalue weighted by atomic mass is 9.41. The Labute approximate surface area is 360 Å². The van der Waals surface area contributed by atoms with E-state index in [1.54, 1.807) is 0 Å². The van der Waals surface area contributed by atoms with E-state index in [9.17, 15) is 40.2 Å². The van der Waals surface area contributed by atoms with Gasteiger partial charge in [0.25, 0.3) is 0 Å². The van der Waals surface area contributed by atoms with E-state index in [0.29, 0.717) is 19.3 Å². The summed E-state index contributed by atoms with van der Waals surface area (Å²) in [6, 6.07) is 0. The summed E-state index contributed by atoms with van der Waals surface area (Å²) in [5.74, 6) is -1.46. The Kier molecular flexibility index (Phi) is 11.5.